The molecule has 0 unspecified atom stereocenters. The molecule has 0 aromatic heterocycles. The van der Waals surface area contributed by atoms with E-state index in [0.717, 1.165) is 25.7 Å². The summed E-state index contributed by atoms with van der Waals surface area (Å²) in [6, 6.07) is 7.39. The van der Waals surface area contributed by atoms with Gasteiger partial charge in [-0.1, -0.05) is 6.07 Å². The van der Waals surface area contributed by atoms with Crippen LogP contribution in [0.4, 0.5) is 10.5 Å². The molecule has 0 bridgehead atoms. The number of rotatable bonds is 3. The molecular weight excluding hydrogens is 264 g/mol. The molecule has 0 saturated heterocycles. The van der Waals surface area contributed by atoms with E-state index >= 15 is 0 Å². The first-order valence-electron chi connectivity index (χ1n) is 8.08. The van der Waals surface area contributed by atoms with Crippen LogP contribution in [0.3, 0.4) is 0 Å². The van der Waals surface area contributed by atoms with Gasteiger partial charge < -0.3 is 15.7 Å². The van der Waals surface area contributed by atoms with Crippen LogP contribution >= 0.6 is 0 Å². The second kappa shape index (κ2) is 6.37. The van der Waals surface area contributed by atoms with Gasteiger partial charge in [0.2, 0.25) is 0 Å². The smallest absolute Gasteiger partial charge is 0.404 e. The Bertz CT molecular complexity index is 508. The third kappa shape index (κ3) is 3.69. The van der Waals surface area contributed by atoms with Crippen LogP contribution in [-0.2, 0) is 12.8 Å². The van der Waals surface area contributed by atoms with Crippen LogP contribution < -0.4 is 10.6 Å². The lowest BCUT2D eigenvalue weighted by Crippen LogP contribution is -2.39. The zero-order valence-electron chi connectivity index (χ0n) is 12.4. The molecule has 1 aromatic rings. The standard InChI is InChI=1S/C17H24N2O2/c20-17(21)19-15-9-7-14(8-10-15)18-16-6-5-12-3-1-2-4-13(12)11-16/h5-6,11,14-15,18-19H,1-4,7-10H2,(H,20,21). The lowest BCUT2D eigenvalue weighted by atomic mass is 9.89. The number of amides is 1. The molecule has 2 aliphatic carbocycles. The van der Waals surface area contributed by atoms with Crippen molar-refractivity contribution in [2.24, 2.45) is 0 Å². The highest BCUT2D eigenvalue weighted by molar-refractivity contribution is 5.64. The summed E-state index contributed by atoms with van der Waals surface area (Å²) in [6.07, 6.45) is 8.07. The molecule has 3 N–H and O–H groups in total. The molecule has 3 rings (SSSR count). The molecule has 0 spiro atoms. The summed E-state index contributed by atoms with van der Waals surface area (Å²) >= 11 is 0. The predicted molar refractivity (Wildman–Crippen MR) is 83.9 cm³/mol. The molecule has 1 aromatic carbocycles. The molecule has 0 aliphatic heterocycles. The van der Waals surface area contributed by atoms with Gasteiger partial charge in [0.25, 0.3) is 0 Å². The number of aryl methyl sites for hydroxylation is 2. The Kier molecular flexibility index (Phi) is 4.32. The summed E-state index contributed by atoms with van der Waals surface area (Å²) in [5.41, 5.74) is 4.25. The minimum Gasteiger partial charge on any atom is -0.465 e. The van der Waals surface area contributed by atoms with Gasteiger partial charge >= 0.3 is 6.09 Å². The molecule has 4 nitrogen and oxygen atoms in total. The van der Waals surface area contributed by atoms with E-state index in [9.17, 15) is 4.79 Å². The molecule has 21 heavy (non-hydrogen) atoms. The molecule has 1 amide bonds. The number of hydrogen-bond acceptors (Lipinski definition) is 2. The largest absolute Gasteiger partial charge is 0.465 e. The van der Waals surface area contributed by atoms with Gasteiger partial charge in [-0.3, -0.25) is 0 Å². The minimum absolute atomic E-state index is 0.129. The maximum atomic E-state index is 10.6. The Morgan fingerprint density at radius 1 is 1.00 bits per heavy atom. The zero-order chi connectivity index (χ0) is 14.7. The van der Waals surface area contributed by atoms with Crippen molar-refractivity contribution in [2.45, 2.75) is 63.5 Å². The van der Waals surface area contributed by atoms with Crippen molar-refractivity contribution in [3.8, 4) is 0 Å². The quantitative estimate of drug-likeness (QED) is 0.797. The molecule has 114 valence electrons. The SMILES string of the molecule is O=C(O)NC1CCC(Nc2ccc3c(c2)CCCC3)CC1. The third-order valence-electron chi connectivity index (χ3n) is 4.77. The lowest BCUT2D eigenvalue weighted by molar-refractivity contribution is 0.185. The van der Waals surface area contributed by atoms with Crippen molar-refractivity contribution < 1.29 is 9.90 Å². The highest BCUT2D eigenvalue weighted by atomic mass is 16.4. The van der Waals surface area contributed by atoms with Gasteiger partial charge in [-0.15, -0.1) is 0 Å². The topological polar surface area (TPSA) is 61.4 Å². The molecular formula is C17H24N2O2. The van der Waals surface area contributed by atoms with E-state index in [1.54, 1.807) is 0 Å². The Balaban J connectivity index is 1.54. The first-order valence-corrected chi connectivity index (χ1v) is 8.08. The number of fused-ring (bicyclic) bond motifs is 1. The van der Waals surface area contributed by atoms with Crippen LogP contribution in [0.1, 0.15) is 49.7 Å². The van der Waals surface area contributed by atoms with E-state index in [0.29, 0.717) is 6.04 Å². The zero-order valence-corrected chi connectivity index (χ0v) is 12.4. The minimum atomic E-state index is -0.902. The van der Waals surface area contributed by atoms with Crippen molar-refractivity contribution in [3.63, 3.8) is 0 Å². The van der Waals surface area contributed by atoms with Crippen LogP contribution in [0, 0.1) is 0 Å². The van der Waals surface area contributed by atoms with Crippen LogP contribution in [0.15, 0.2) is 18.2 Å². The van der Waals surface area contributed by atoms with E-state index in [2.05, 4.69) is 28.8 Å². The fourth-order valence-corrected chi connectivity index (χ4v) is 3.62. The highest BCUT2D eigenvalue weighted by Gasteiger charge is 2.22. The van der Waals surface area contributed by atoms with Crippen molar-refractivity contribution in [1.29, 1.82) is 0 Å². The fourth-order valence-electron chi connectivity index (χ4n) is 3.62. The van der Waals surface area contributed by atoms with Gasteiger partial charge in [0.05, 0.1) is 0 Å². The van der Waals surface area contributed by atoms with E-state index in [1.165, 1.54) is 42.5 Å². The summed E-state index contributed by atoms with van der Waals surface area (Å²) < 4.78 is 0. The van der Waals surface area contributed by atoms with Crippen LogP contribution in [0.25, 0.3) is 0 Å². The van der Waals surface area contributed by atoms with Gasteiger partial charge in [-0.25, -0.2) is 4.79 Å². The first kappa shape index (κ1) is 14.2. The van der Waals surface area contributed by atoms with Crippen LogP contribution in [-0.4, -0.2) is 23.3 Å². The molecule has 1 fully saturated rings. The summed E-state index contributed by atoms with van der Waals surface area (Å²) in [5, 5.41) is 15.0. The van der Waals surface area contributed by atoms with Crippen molar-refractivity contribution in [3.05, 3.63) is 29.3 Å². The number of carbonyl (C=O) groups is 1. The summed E-state index contributed by atoms with van der Waals surface area (Å²) in [4.78, 5) is 10.6. The number of hydrogen-bond donors (Lipinski definition) is 3. The molecule has 0 radical (unpaired) electrons. The average molecular weight is 288 g/mol. The number of benzene rings is 1. The molecule has 0 atom stereocenters. The van der Waals surface area contributed by atoms with Gasteiger partial charge in [0.1, 0.15) is 0 Å². The van der Waals surface area contributed by atoms with Gasteiger partial charge in [0, 0.05) is 17.8 Å². The Morgan fingerprint density at radius 3 is 2.38 bits per heavy atom. The van der Waals surface area contributed by atoms with Gasteiger partial charge in [-0.2, -0.15) is 0 Å². The molecule has 0 heterocycles. The normalized spacial score (nSPS) is 25.0. The fraction of sp³-hybridized carbons (Fsp3) is 0.588. The van der Waals surface area contributed by atoms with Crippen molar-refractivity contribution in [2.75, 3.05) is 5.32 Å². The Labute approximate surface area is 125 Å². The van der Waals surface area contributed by atoms with Crippen molar-refractivity contribution >= 4 is 11.8 Å². The van der Waals surface area contributed by atoms with Crippen LogP contribution in [0.2, 0.25) is 0 Å². The number of nitrogens with one attached hydrogen (secondary N) is 2. The summed E-state index contributed by atoms with van der Waals surface area (Å²) in [5.74, 6) is 0. The Morgan fingerprint density at radius 2 is 1.67 bits per heavy atom. The number of anilines is 1. The monoisotopic (exact) mass is 288 g/mol. The van der Waals surface area contributed by atoms with E-state index in [1.807, 2.05) is 0 Å². The van der Waals surface area contributed by atoms with Gasteiger partial charge in [-0.05, 0) is 74.6 Å². The summed E-state index contributed by atoms with van der Waals surface area (Å²) in [7, 11) is 0. The second-order valence-corrected chi connectivity index (χ2v) is 6.33. The second-order valence-electron chi connectivity index (χ2n) is 6.33. The van der Waals surface area contributed by atoms with Crippen molar-refractivity contribution in [1.82, 2.24) is 5.32 Å². The molecule has 2 aliphatic rings. The van der Waals surface area contributed by atoms with Gasteiger partial charge in [0.15, 0.2) is 0 Å². The Hall–Kier alpha value is -1.71. The van der Waals surface area contributed by atoms with Crippen LogP contribution in [0.5, 0.6) is 0 Å². The van der Waals surface area contributed by atoms with E-state index in [-0.39, 0.29) is 6.04 Å². The predicted octanol–water partition coefficient (Wildman–Crippen LogP) is 3.56. The van der Waals surface area contributed by atoms with E-state index < -0.39 is 6.09 Å². The first-order chi connectivity index (χ1) is 10.2. The maximum absolute atomic E-state index is 10.6. The lowest BCUT2D eigenvalue weighted by Gasteiger charge is -2.30. The maximum Gasteiger partial charge on any atom is 0.404 e. The highest BCUT2D eigenvalue weighted by Crippen LogP contribution is 2.27. The summed E-state index contributed by atoms with van der Waals surface area (Å²) in [6.45, 7) is 0. The third-order valence-corrected chi connectivity index (χ3v) is 4.77. The molecule has 1 saturated carbocycles. The van der Waals surface area contributed by atoms with E-state index in [4.69, 9.17) is 5.11 Å². The molecule has 4 heteroatoms. The average Bonchev–Trinajstić information content (AvgIpc) is 2.49. The number of carboxylic acid groups (broad SMARTS) is 1.